The molecule has 0 aromatic carbocycles. The van der Waals surface area contributed by atoms with Gasteiger partial charge in [0.05, 0.1) is 24.7 Å². The third-order valence-electron chi connectivity index (χ3n) is 8.21. The number of rotatable bonds is 22. The number of carbonyl (C=O) groups excluding carboxylic acids is 3. The number of esters is 2. The first kappa shape index (κ1) is 39.2. The van der Waals surface area contributed by atoms with E-state index >= 15 is 0 Å². The van der Waals surface area contributed by atoms with Crippen molar-refractivity contribution in [1.29, 1.82) is 0 Å². The number of aliphatic hydroxyl groups is 1. The lowest BCUT2D eigenvalue weighted by molar-refractivity contribution is -0.161. The summed E-state index contributed by atoms with van der Waals surface area (Å²) in [7, 11) is 0. The molecule has 0 saturated carbocycles. The van der Waals surface area contributed by atoms with Crippen molar-refractivity contribution in [2.75, 3.05) is 13.2 Å². The van der Waals surface area contributed by atoms with E-state index < -0.39 is 35.2 Å². The zero-order valence-corrected chi connectivity index (χ0v) is 28.7. The Kier molecular flexibility index (Phi) is 19.1. The lowest BCUT2D eigenvalue weighted by Crippen LogP contribution is -2.44. The highest BCUT2D eigenvalue weighted by molar-refractivity contribution is 5.82. The summed E-state index contributed by atoms with van der Waals surface area (Å²) >= 11 is 0. The summed E-state index contributed by atoms with van der Waals surface area (Å²) in [4.78, 5) is 39.5. The second-order valence-electron chi connectivity index (χ2n) is 14.2. The van der Waals surface area contributed by atoms with Gasteiger partial charge in [-0.15, -0.1) is 0 Å². The van der Waals surface area contributed by atoms with Gasteiger partial charge < -0.3 is 19.3 Å². The number of hydrogen-bond donors (Lipinski definition) is 1. The first-order valence-electron chi connectivity index (χ1n) is 17.4. The van der Waals surface area contributed by atoms with Crippen LogP contribution >= 0.6 is 0 Å². The van der Waals surface area contributed by atoms with Gasteiger partial charge in [0, 0.05) is 6.42 Å². The fraction of sp³-hybridized carbons (Fsp3) is 0.914. The molecule has 0 unspecified atom stereocenters. The quantitative estimate of drug-likeness (QED) is 0.0744. The molecule has 0 aromatic rings. The number of β-amino-alcohol motifs (C(OH)–C–C–N with tert-alkyl or cyclic N) is 1. The molecule has 0 aromatic heterocycles. The fourth-order valence-corrected chi connectivity index (χ4v) is 5.48. The zero-order valence-electron chi connectivity index (χ0n) is 28.7. The van der Waals surface area contributed by atoms with Crippen molar-refractivity contribution >= 4 is 18.0 Å². The Hall–Kier alpha value is -1.83. The highest BCUT2D eigenvalue weighted by atomic mass is 16.6. The molecule has 252 valence electrons. The Labute approximate surface area is 263 Å². The molecule has 0 spiro atoms. The van der Waals surface area contributed by atoms with Crippen LogP contribution in [0.1, 0.15) is 164 Å². The zero-order chi connectivity index (χ0) is 32.3. The smallest absolute Gasteiger partial charge is 0.411 e. The van der Waals surface area contributed by atoms with Gasteiger partial charge in [-0.2, -0.15) is 0 Å². The van der Waals surface area contributed by atoms with Gasteiger partial charge in [-0.1, -0.05) is 84.5 Å². The highest BCUT2D eigenvalue weighted by Gasteiger charge is 2.41. The molecule has 1 amide bonds. The predicted molar refractivity (Wildman–Crippen MR) is 172 cm³/mol. The number of amides is 1. The van der Waals surface area contributed by atoms with Gasteiger partial charge in [0.25, 0.3) is 0 Å². The van der Waals surface area contributed by atoms with Crippen molar-refractivity contribution in [2.24, 2.45) is 5.41 Å². The maximum absolute atomic E-state index is 13.2. The van der Waals surface area contributed by atoms with E-state index in [4.69, 9.17) is 14.2 Å². The first-order chi connectivity index (χ1) is 20.3. The Morgan fingerprint density at radius 2 is 1.33 bits per heavy atom. The number of unbranched alkanes of at least 4 members (excludes halogenated alkanes) is 11. The second-order valence-corrected chi connectivity index (χ2v) is 14.2. The number of likely N-dealkylation sites (tertiary alicyclic amines) is 1. The normalized spacial score (nSPS) is 17.4. The lowest BCUT2D eigenvalue weighted by Gasteiger charge is -2.27. The largest absolute Gasteiger partial charge is 0.464 e. The average Bonchev–Trinajstić information content (AvgIpc) is 3.33. The topological polar surface area (TPSA) is 102 Å². The van der Waals surface area contributed by atoms with Crippen molar-refractivity contribution < 1.29 is 33.7 Å². The molecule has 43 heavy (non-hydrogen) atoms. The molecular formula is C35H65NO7. The van der Waals surface area contributed by atoms with Crippen LogP contribution in [0.5, 0.6) is 0 Å². The van der Waals surface area contributed by atoms with Crippen LogP contribution in [0.3, 0.4) is 0 Å². The maximum atomic E-state index is 13.2. The van der Waals surface area contributed by atoms with Crippen LogP contribution in [-0.2, 0) is 23.8 Å². The molecular weight excluding hydrogens is 546 g/mol. The van der Waals surface area contributed by atoms with E-state index in [0.29, 0.717) is 6.42 Å². The third-order valence-corrected chi connectivity index (χ3v) is 8.21. The molecule has 1 rings (SSSR count). The van der Waals surface area contributed by atoms with E-state index in [1.54, 1.807) is 20.8 Å². The van der Waals surface area contributed by atoms with E-state index in [1.165, 1.54) is 56.3 Å². The van der Waals surface area contributed by atoms with Crippen LogP contribution in [0.15, 0.2) is 0 Å². The highest BCUT2D eigenvalue weighted by Crippen LogP contribution is 2.28. The lowest BCUT2D eigenvalue weighted by atomic mass is 9.86. The molecule has 1 aliphatic heterocycles. The minimum absolute atomic E-state index is 0.0249. The molecule has 1 heterocycles. The van der Waals surface area contributed by atoms with E-state index in [1.807, 2.05) is 13.8 Å². The van der Waals surface area contributed by atoms with Crippen LogP contribution in [0.25, 0.3) is 0 Å². The van der Waals surface area contributed by atoms with Gasteiger partial charge >= 0.3 is 18.0 Å². The Morgan fingerprint density at radius 3 is 1.88 bits per heavy atom. The molecule has 0 bridgehead atoms. The van der Waals surface area contributed by atoms with Crippen molar-refractivity contribution in [1.82, 2.24) is 4.90 Å². The van der Waals surface area contributed by atoms with Crippen LogP contribution in [-0.4, -0.2) is 65.0 Å². The van der Waals surface area contributed by atoms with E-state index in [0.717, 1.165) is 51.4 Å². The Balaban J connectivity index is 2.39. The third kappa shape index (κ3) is 17.3. The molecule has 1 fully saturated rings. The molecule has 0 radical (unpaired) electrons. The van der Waals surface area contributed by atoms with Crippen LogP contribution < -0.4 is 0 Å². The summed E-state index contributed by atoms with van der Waals surface area (Å²) in [5, 5.41) is 10.0. The minimum Gasteiger partial charge on any atom is -0.464 e. The monoisotopic (exact) mass is 611 g/mol. The molecule has 2 atom stereocenters. The van der Waals surface area contributed by atoms with Gasteiger partial charge in [-0.25, -0.2) is 9.59 Å². The summed E-state index contributed by atoms with van der Waals surface area (Å²) in [5.74, 6) is -0.585. The second kappa shape index (κ2) is 21.0. The van der Waals surface area contributed by atoms with E-state index in [-0.39, 0.29) is 31.6 Å². The van der Waals surface area contributed by atoms with Gasteiger partial charge in [0.2, 0.25) is 0 Å². The fourth-order valence-electron chi connectivity index (χ4n) is 5.48. The molecule has 8 nitrogen and oxygen atoms in total. The van der Waals surface area contributed by atoms with Gasteiger partial charge in [0.1, 0.15) is 17.7 Å². The molecule has 8 heteroatoms. The number of aliphatic hydroxyl groups excluding tert-OH is 1. The van der Waals surface area contributed by atoms with Crippen LogP contribution in [0.2, 0.25) is 0 Å². The Bertz CT molecular complexity index is 778. The molecule has 1 saturated heterocycles. The van der Waals surface area contributed by atoms with Crippen molar-refractivity contribution in [3.05, 3.63) is 0 Å². The average molecular weight is 612 g/mol. The first-order valence-corrected chi connectivity index (χ1v) is 17.4. The van der Waals surface area contributed by atoms with Crippen LogP contribution in [0.4, 0.5) is 4.79 Å². The molecule has 1 aliphatic rings. The Morgan fingerprint density at radius 1 is 0.791 bits per heavy atom. The standard InChI is InChI=1S/C35H65NO7/c1-8-10-12-14-18-22-29(23-19-15-13-11-9-2)42-32(39)35(6,7)24-20-16-17-21-25-41-31(38)30-26-28(37)27-36(30)33(40)43-34(3,4)5/h28-30,37H,8-27H2,1-7H3/t28-,30-/m0/s1. The maximum Gasteiger partial charge on any atom is 0.411 e. The van der Waals surface area contributed by atoms with Crippen molar-refractivity contribution in [3.63, 3.8) is 0 Å². The number of ether oxygens (including phenoxy) is 3. The molecule has 1 N–H and O–H groups in total. The van der Waals surface area contributed by atoms with Gasteiger partial charge in [-0.05, 0) is 73.1 Å². The summed E-state index contributed by atoms with van der Waals surface area (Å²) in [6.07, 6.45) is 17.1. The number of hydrogen-bond acceptors (Lipinski definition) is 7. The summed E-state index contributed by atoms with van der Waals surface area (Å²) in [6.45, 7) is 14.0. The van der Waals surface area contributed by atoms with Crippen molar-refractivity contribution in [2.45, 2.75) is 188 Å². The van der Waals surface area contributed by atoms with E-state index in [9.17, 15) is 19.5 Å². The SMILES string of the molecule is CCCCCCCC(CCCCCCC)OC(=O)C(C)(C)CCCCCCOC(=O)[C@@H]1C[C@H](O)CN1C(=O)OC(C)(C)C. The summed E-state index contributed by atoms with van der Waals surface area (Å²) < 4.78 is 16.9. The van der Waals surface area contributed by atoms with E-state index in [2.05, 4.69) is 13.8 Å². The van der Waals surface area contributed by atoms with Crippen LogP contribution in [0, 0.1) is 5.41 Å². The van der Waals surface area contributed by atoms with Gasteiger partial charge in [0.15, 0.2) is 0 Å². The summed E-state index contributed by atoms with van der Waals surface area (Å²) in [5.41, 5.74) is -1.21. The van der Waals surface area contributed by atoms with Gasteiger partial charge in [-0.3, -0.25) is 9.69 Å². The number of carbonyl (C=O) groups is 3. The molecule has 0 aliphatic carbocycles. The summed E-state index contributed by atoms with van der Waals surface area (Å²) in [6, 6.07) is -0.826. The minimum atomic E-state index is -0.826. The predicted octanol–water partition coefficient (Wildman–Crippen LogP) is 8.51. The number of nitrogens with zero attached hydrogens (tertiary/aromatic N) is 1. The van der Waals surface area contributed by atoms with Crippen molar-refractivity contribution in [3.8, 4) is 0 Å².